The second-order valence-corrected chi connectivity index (χ2v) is 7.37. The third-order valence-corrected chi connectivity index (χ3v) is 5.25. The molecule has 27 heavy (non-hydrogen) atoms. The Labute approximate surface area is 162 Å². The average Bonchev–Trinajstić information content (AvgIpc) is 2.64. The number of ether oxygens (including phenoxy) is 3. The molecule has 146 valence electrons. The normalized spacial score (nSPS) is 25.4. The van der Waals surface area contributed by atoms with E-state index in [9.17, 15) is 5.11 Å². The summed E-state index contributed by atoms with van der Waals surface area (Å²) in [5.74, 6) is 0.00174. The monoisotopic (exact) mass is 370 g/mol. The minimum Gasteiger partial charge on any atom is -0.494 e. The van der Waals surface area contributed by atoms with Crippen molar-refractivity contribution in [3.05, 3.63) is 64.7 Å². The smallest absolute Gasteiger partial charge is 0.197 e. The van der Waals surface area contributed by atoms with E-state index in [0.717, 1.165) is 17.7 Å². The predicted molar refractivity (Wildman–Crippen MR) is 106 cm³/mol. The summed E-state index contributed by atoms with van der Waals surface area (Å²) in [7, 11) is 1.65. The van der Waals surface area contributed by atoms with Crippen LogP contribution in [-0.2, 0) is 21.7 Å². The molecule has 3 unspecified atom stereocenters. The van der Waals surface area contributed by atoms with Gasteiger partial charge in [0.15, 0.2) is 5.79 Å². The third-order valence-electron chi connectivity index (χ3n) is 5.25. The van der Waals surface area contributed by atoms with E-state index in [-0.39, 0.29) is 6.10 Å². The Morgan fingerprint density at radius 2 is 1.93 bits per heavy atom. The van der Waals surface area contributed by atoms with Crippen LogP contribution in [0.25, 0.3) is 0 Å². The minimum atomic E-state index is -0.891. The molecule has 3 atom stereocenters. The van der Waals surface area contributed by atoms with Gasteiger partial charge in [0, 0.05) is 19.1 Å². The fourth-order valence-corrected chi connectivity index (χ4v) is 3.82. The van der Waals surface area contributed by atoms with Gasteiger partial charge in [-0.15, -0.1) is 0 Å². The summed E-state index contributed by atoms with van der Waals surface area (Å²) in [4.78, 5) is 0. The van der Waals surface area contributed by atoms with Crippen molar-refractivity contribution < 1.29 is 19.3 Å². The molecule has 1 heterocycles. The first-order valence-electron chi connectivity index (χ1n) is 9.68. The number of aliphatic hydroxyl groups excluding tert-OH is 1. The molecule has 1 fully saturated rings. The van der Waals surface area contributed by atoms with Crippen LogP contribution >= 0.6 is 0 Å². The van der Waals surface area contributed by atoms with Crippen LogP contribution in [-0.4, -0.2) is 31.0 Å². The third kappa shape index (κ3) is 4.52. The topological polar surface area (TPSA) is 47.9 Å². The highest BCUT2D eigenvalue weighted by atomic mass is 16.7. The van der Waals surface area contributed by atoms with Gasteiger partial charge in [0.25, 0.3) is 0 Å². The van der Waals surface area contributed by atoms with Crippen molar-refractivity contribution >= 4 is 0 Å². The maximum atomic E-state index is 10.3. The highest BCUT2D eigenvalue weighted by Gasteiger charge is 2.42. The van der Waals surface area contributed by atoms with Crippen LogP contribution in [0.15, 0.2) is 42.5 Å². The quantitative estimate of drug-likeness (QED) is 0.822. The fraction of sp³-hybridized carbons (Fsp3) is 0.478. The molecule has 0 saturated carbocycles. The zero-order chi connectivity index (χ0) is 19.4. The standard InChI is InChI=1S/C23H30O4/c1-5-26-22-10-7-18(8-11-22)13-19-14-20(9-6-16(19)2)23(25-4)15-21(24)12-17(3)27-23/h6-11,14,17,21,24H,5,12-13,15H2,1-4H3. The summed E-state index contributed by atoms with van der Waals surface area (Å²) < 4.78 is 17.5. The molecular weight excluding hydrogens is 340 g/mol. The van der Waals surface area contributed by atoms with Gasteiger partial charge in [0.1, 0.15) is 5.75 Å². The number of hydrogen-bond acceptors (Lipinski definition) is 4. The van der Waals surface area contributed by atoms with Gasteiger partial charge in [-0.2, -0.15) is 0 Å². The van der Waals surface area contributed by atoms with Crippen molar-refractivity contribution in [3.8, 4) is 5.75 Å². The van der Waals surface area contributed by atoms with Crippen molar-refractivity contribution in [1.82, 2.24) is 0 Å². The Morgan fingerprint density at radius 3 is 2.56 bits per heavy atom. The summed E-state index contributed by atoms with van der Waals surface area (Å²) in [6, 6.07) is 14.5. The van der Waals surface area contributed by atoms with Crippen LogP contribution in [0.4, 0.5) is 0 Å². The van der Waals surface area contributed by atoms with Gasteiger partial charge in [0.2, 0.25) is 0 Å². The average molecular weight is 370 g/mol. The lowest BCUT2D eigenvalue weighted by Crippen LogP contribution is -2.44. The molecule has 4 nitrogen and oxygen atoms in total. The van der Waals surface area contributed by atoms with Crippen molar-refractivity contribution in [2.45, 2.75) is 58.0 Å². The van der Waals surface area contributed by atoms with Crippen molar-refractivity contribution in [3.63, 3.8) is 0 Å². The first-order chi connectivity index (χ1) is 13.0. The van der Waals surface area contributed by atoms with E-state index in [4.69, 9.17) is 14.2 Å². The summed E-state index contributed by atoms with van der Waals surface area (Å²) in [6.45, 7) is 6.75. The lowest BCUT2D eigenvalue weighted by Gasteiger charge is -2.41. The Bertz CT molecular complexity index is 743. The Balaban J connectivity index is 1.87. The van der Waals surface area contributed by atoms with Gasteiger partial charge < -0.3 is 19.3 Å². The lowest BCUT2D eigenvalue weighted by atomic mass is 9.89. The number of benzene rings is 2. The van der Waals surface area contributed by atoms with Crippen molar-refractivity contribution in [2.24, 2.45) is 0 Å². The summed E-state index contributed by atoms with van der Waals surface area (Å²) in [5.41, 5.74) is 4.64. The van der Waals surface area contributed by atoms with E-state index in [0.29, 0.717) is 19.4 Å². The van der Waals surface area contributed by atoms with E-state index in [1.165, 1.54) is 16.7 Å². The first-order valence-corrected chi connectivity index (χ1v) is 9.68. The van der Waals surface area contributed by atoms with E-state index >= 15 is 0 Å². The number of rotatable bonds is 6. The molecule has 0 amide bonds. The molecule has 0 radical (unpaired) electrons. The summed E-state index contributed by atoms with van der Waals surface area (Å²) in [5, 5.41) is 10.3. The molecule has 1 aliphatic heterocycles. The van der Waals surface area contributed by atoms with Crippen LogP contribution < -0.4 is 4.74 Å². The van der Waals surface area contributed by atoms with Crippen LogP contribution in [0.3, 0.4) is 0 Å². The van der Waals surface area contributed by atoms with Gasteiger partial charge in [-0.05, 0) is 68.5 Å². The Hall–Kier alpha value is -1.88. The SMILES string of the molecule is CCOc1ccc(Cc2cc(C3(OC)CC(O)CC(C)O3)ccc2C)cc1. The summed E-state index contributed by atoms with van der Waals surface area (Å²) >= 11 is 0. The zero-order valence-electron chi connectivity index (χ0n) is 16.7. The van der Waals surface area contributed by atoms with Crippen molar-refractivity contribution in [1.29, 1.82) is 0 Å². The summed E-state index contributed by atoms with van der Waals surface area (Å²) in [6.07, 6.45) is 1.42. The maximum absolute atomic E-state index is 10.3. The number of aryl methyl sites for hydroxylation is 1. The van der Waals surface area contributed by atoms with Gasteiger partial charge in [-0.25, -0.2) is 0 Å². The van der Waals surface area contributed by atoms with Gasteiger partial charge in [0.05, 0.1) is 18.8 Å². The van der Waals surface area contributed by atoms with E-state index in [1.807, 2.05) is 32.0 Å². The molecule has 2 aromatic carbocycles. The highest BCUT2D eigenvalue weighted by molar-refractivity contribution is 5.38. The second-order valence-electron chi connectivity index (χ2n) is 7.37. The van der Waals surface area contributed by atoms with E-state index in [2.05, 4.69) is 31.2 Å². The second kappa shape index (κ2) is 8.42. The molecular formula is C23H30O4. The first kappa shape index (κ1) is 19.9. The van der Waals surface area contributed by atoms with Crippen molar-refractivity contribution in [2.75, 3.05) is 13.7 Å². The zero-order valence-corrected chi connectivity index (χ0v) is 16.7. The highest BCUT2D eigenvalue weighted by Crippen LogP contribution is 2.39. The lowest BCUT2D eigenvalue weighted by molar-refractivity contribution is -0.291. The molecule has 0 aromatic heterocycles. The molecule has 0 spiro atoms. The molecule has 3 rings (SSSR count). The van der Waals surface area contributed by atoms with E-state index < -0.39 is 11.9 Å². The van der Waals surface area contributed by atoms with Crippen LogP contribution in [0.2, 0.25) is 0 Å². The van der Waals surface area contributed by atoms with Gasteiger partial charge in [-0.3, -0.25) is 0 Å². The van der Waals surface area contributed by atoms with Crippen LogP contribution in [0.1, 0.15) is 48.9 Å². The number of aliphatic hydroxyl groups is 1. The molecule has 1 N–H and O–H groups in total. The number of methoxy groups -OCH3 is 1. The molecule has 0 bridgehead atoms. The maximum Gasteiger partial charge on any atom is 0.197 e. The molecule has 0 aliphatic carbocycles. The minimum absolute atomic E-state index is 0.0513. The predicted octanol–water partition coefficient (Wildman–Crippen LogP) is 4.34. The van der Waals surface area contributed by atoms with Gasteiger partial charge >= 0.3 is 0 Å². The van der Waals surface area contributed by atoms with Crippen LogP contribution in [0, 0.1) is 6.92 Å². The fourth-order valence-electron chi connectivity index (χ4n) is 3.82. The molecule has 4 heteroatoms. The molecule has 1 aliphatic rings. The molecule has 1 saturated heterocycles. The van der Waals surface area contributed by atoms with Gasteiger partial charge in [-0.1, -0.05) is 24.3 Å². The largest absolute Gasteiger partial charge is 0.494 e. The number of hydrogen-bond donors (Lipinski definition) is 1. The molecule has 2 aromatic rings. The van der Waals surface area contributed by atoms with Crippen LogP contribution in [0.5, 0.6) is 5.75 Å². The Morgan fingerprint density at radius 1 is 1.19 bits per heavy atom. The van der Waals surface area contributed by atoms with E-state index in [1.54, 1.807) is 7.11 Å². The Kier molecular flexibility index (Phi) is 6.20.